The summed E-state index contributed by atoms with van der Waals surface area (Å²) < 4.78 is 33.6. The van der Waals surface area contributed by atoms with Crippen molar-refractivity contribution in [2.75, 3.05) is 13.2 Å². The zero-order chi connectivity index (χ0) is 16.0. The molecule has 1 atom stereocenters. The Hall–Kier alpha value is -1.70. The van der Waals surface area contributed by atoms with E-state index in [1.807, 2.05) is 37.3 Å². The molecule has 1 heterocycles. The van der Waals surface area contributed by atoms with E-state index in [2.05, 4.69) is 9.82 Å². The van der Waals surface area contributed by atoms with Crippen LogP contribution in [0.3, 0.4) is 0 Å². The third kappa shape index (κ3) is 4.66. The number of ether oxygens (including phenoxy) is 1. The van der Waals surface area contributed by atoms with Gasteiger partial charge in [-0.3, -0.25) is 4.68 Å². The number of nitrogens with zero attached hydrogens (tertiary/aromatic N) is 2. The van der Waals surface area contributed by atoms with Gasteiger partial charge in [0.25, 0.3) is 0 Å². The van der Waals surface area contributed by atoms with E-state index in [4.69, 9.17) is 4.74 Å². The maximum atomic E-state index is 12.0. The van der Waals surface area contributed by atoms with Crippen LogP contribution in [0.2, 0.25) is 0 Å². The molecule has 6 nitrogen and oxygen atoms in total. The van der Waals surface area contributed by atoms with Crippen LogP contribution >= 0.6 is 0 Å². The molecule has 1 aromatic carbocycles. The van der Waals surface area contributed by atoms with Crippen LogP contribution in [0.15, 0.2) is 47.6 Å². The standard InChI is InChI=1S/C15H21N3O3S/c1-13(14-7-4-3-5-8-14)21-10-6-9-17-22(19,20)15-11-16-18(2)12-15/h3-5,7-8,11-13,17H,6,9-10H2,1-2H3/t13-/m1/s1. The van der Waals surface area contributed by atoms with Crippen molar-refractivity contribution >= 4 is 10.0 Å². The molecule has 7 heteroatoms. The average Bonchev–Trinajstić information content (AvgIpc) is 2.95. The molecule has 0 saturated carbocycles. The van der Waals surface area contributed by atoms with Crippen LogP contribution in [0.5, 0.6) is 0 Å². The molecule has 2 rings (SSSR count). The van der Waals surface area contributed by atoms with Crippen molar-refractivity contribution in [2.45, 2.75) is 24.3 Å². The van der Waals surface area contributed by atoms with Crippen LogP contribution in [0, 0.1) is 0 Å². The molecular weight excluding hydrogens is 302 g/mol. The summed E-state index contributed by atoms with van der Waals surface area (Å²) in [5.74, 6) is 0. The summed E-state index contributed by atoms with van der Waals surface area (Å²) in [7, 11) is -1.80. The van der Waals surface area contributed by atoms with Crippen LogP contribution < -0.4 is 4.72 Å². The lowest BCUT2D eigenvalue weighted by Crippen LogP contribution is -2.25. The molecule has 1 N–H and O–H groups in total. The maximum Gasteiger partial charge on any atom is 0.243 e. The third-order valence-corrected chi connectivity index (χ3v) is 4.66. The Bertz CT molecular complexity index is 683. The molecule has 2 aromatic rings. The van der Waals surface area contributed by atoms with Crippen LogP contribution in [0.25, 0.3) is 0 Å². The molecular formula is C15H21N3O3S. The lowest BCUT2D eigenvalue weighted by molar-refractivity contribution is 0.0647. The lowest BCUT2D eigenvalue weighted by Gasteiger charge is -2.13. The molecule has 0 bridgehead atoms. The van der Waals surface area contributed by atoms with Gasteiger partial charge in [-0.15, -0.1) is 0 Å². The number of rotatable bonds is 8. The van der Waals surface area contributed by atoms with E-state index < -0.39 is 10.0 Å². The SMILES string of the molecule is C[C@@H](OCCCNS(=O)(=O)c1cnn(C)c1)c1ccccc1. The second-order valence-corrected chi connectivity index (χ2v) is 6.79. The van der Waals surface area contributed by atoms with Gasteiger partial charge in [0, 0.05) is 26.4 Å². The van der Waals surface area contributed by atoms with Gasteiger partial charge in [-0.25, -0.2) is 13.1 Å². The molecule has 0 aliphatic carbocycles. The van der Waals surface area contributed by atoms with Gasteiger partial charge in [-0.2, -0.15) is 5.10 Å². The predicted octanol–water partition coefficient (Wildman–Crippen LogP) is 1.87. The van der Waals surface area contributed by atoms with E-state index in [0.29, 0.717) is 19.6 Å². The van der Waals surface area contributed by atoms with Crippen molar-refractivity contribution < 1.29 is 13.2 Å². The minimum absolute atomic E-state index is 0.00358. The summed E-state index contributed by atoms with van der Waals surface area (Å²) in [6.07, 6.45) is 3.40. The largest absolute Gasteiger partial charge is 0.374 e. The van der Waals surface area contributed by atoms with E-state index in [-0.39, 0.29) is 11.0 Å². The Balaban J connectivity index is 1.71. The molecule has 1 aromatic heterocycles. The second kappa shape index (κ2) is 7.53. The number of aromatic nitrogens is 2. The first-order valence-corrected chi connectivity index (χ1v) is 8.62. The Morgan fingerprint density at radius 3 is 2.68 bits per heavy atom. The fourth-order valence-corrected chi connectivity index (χ4v) is 3.04. The highest BCUT2D eigenvalue weighted by atomic mass is 32.2. The van der Waals surface area contributed by atoms with Crippen LogP contribution in [-0.4, -0.2) is 31.3 Å². The second-order valence-electron chi connectivity index (χ2n) is 5.02. The zero-order valence-corrected chi connectivity index (χ0v) is 13.6. The minimum Gasteiger partial charge on any atom is -0.374 e. The first kappa shape index (κ1) is 16.7. The molecule has 0 fully saturated rings. The Morgan fingerprint density at radius 2 is 2.05 bits per heavy atom. The fraction of sp³-hybridized carbons (Fsp3) is 0.400. The van der Waals surface area contributed by atoms with Crippen LogP contribution in [0.4, 0.5) is 0 Å². The van der Waals surface area contributed by atoms with Crippen LogP contribution in [0.1, 0.15) is 25.0 Å². The molecule has 22 heavy (non-hydrogen) atoms. The van der Waals surface area contributed by atoms with Crippen molar-refractivity contribution in [2.24, 2.45) is 7.05 Å². The number of nitrogens with one attached hydrogen (secondary N) is 1. The fourth-order valence-electron chi connectivity index (χ4n) is 1.98. The highest BCUT2D eigenvalue weighted by Gasteiger charge is 2.15. The molecule has 0 aliphatic heterocycles. The average molecular weight is 323 g/mol. The van der Waals surface area contributed by atoms with Crippen molar-refractivity contribution in [3.8, 4) is 0 Å². The first-order valence-electron chi connectivity index (χ1n) is 7.14. The number of aryl methyl sites for hydroxylation is 1. The summed E-state index contributed by atoms with van der Waals surface area (Å²) in [5.41, 5.74) is 1.11. The quantitative estimate of drug-likeness (QED) is 0.753. The van der Waals surface area contributed by atoms with Gasteiger partial charge < -0.3 is 4.74 Å². The third-order valence-electron chi connectivity index (χ3n) is 3.24. The zero-order valence-electron chi connectivity index (χ0n) is 12.8. The summed E-state index contributed by atoms with van der Waals surface area (Å²) in [5, 5.41) is 3.86. The van der Waals surface area contributed by atoms with Crippen molar-refractivity contribution in [3.05, 3.63) is 48.3 Å². The van der Waals surface area contributed by atoms with Crippen molar-refractivity contribution in [3.63, 3.8) is 0 Å². The van der Waals surface area contributed by atoms with E-state index in [9.17, 15) is 8.42 Å². The van der Waals surface area contributed by atoms with Gasteiger partial charge in [0.15, 0.2) is 0 Å². The van der Waals surface area contributed by atoms with Gasteiger partial charge in [-0.1, -0.05) is 30.3 Å². The highest BCUT2D eigenvalue weighted by Crippen LogP contribution is 2.15. The smallest absolute Gasteiger partial charge is 0.243 e. The summed E-state index contributed by atoms with van der Waals surface area (Å²) in [6, 6.07) is 9.92. The number of benzene rings is 1. The topological polar surface area (TPSA) is 73.2 Å². The highest BCUT2D eigenvalue weighted by molar-refractivity contribution is 7.89. The molecule has 0 amide bonds. The molecule has 0 spiro atoms. The lowest BCUT2D eigenvalue weighted by atomic mass is 10.1. The minimum atomic E-state index is -3.48. The Kier molecular flexibility index (Phi) is 5.70. The van der Waals surface area contributed by atoms with E-state index in [0.717, 1.165) is 5.56 Å². The Labute approximate surface area is 131 Å². The first-order chi connectivity index (χ1) is 10.5. The number of hydrogen-bond acceptors (Lipinski definition) is 4. The van der Waals surface area contributed by atoms with Crippen molar-refractivity contribution in [1.82, 2.24) is 14.5 Å². The normalized spacial score (nSPS) is 13.2. The Morgan fingerprint density at radius 1 is 1.32 bits per heavy atom. The van der Waals surface area contributed by atoms with Crippen LogP contribution in [-0.2, 0) is 21.8 Å². The van der Waals surface area contributed by atoms with Gasteiger partial charge in [0.2, 0.25) is 10.0 Å². The number of hydrogen-bond donors (Lipinski definition) is 1. The van der Waals surface area contributed by atoms with Gasteiger partial charge in [0.05, 0.1) is 12.3 Å². The molecule has 0 saturated heterocycles. The molecule has 120 valence electrons. The monoisotopic (exact) mass is 323 g/mol. The van der Waals surface area contributed by atoms with Gasteiger partial charge >= 0.3 is 0 Å². The maximum absolute atomic E-state index is 12.0. The summed E-state index contributed by atoms with van der Waals surface area (Å²) in [4.78, 5) is 0.175. The summed E-state index contributed by atoms with van der Waals surface area (Å²) in [6.45, 7) is 2.81. The summed E-state index contributed by atoms with van der Waals surface area (Å²) >= 11 is 0. The predicted molar refractivity (Wildman–Crippen MR) is 83.8 cm³/mol. The van der Waals surface area contributed by atoms with Gasteiger partial charge in [0.1, 0.15) is 4.90 Å². The van der Waals surface area contributed by atoms with E-state index in [1.54, 1.807) is 7.05 Å². The molecule has 0 aliphatic rings. The van der Waals surface area contributed by atoms with E-state index in [1.165, 1.54) is 17.1 Å². The van der Waals surface area contributed by atoms with Crippen molar-refractivity contribution in [1.29, 1.82) is 0 Å². The van der Waals surface area contributed by atoms with Gasteiger partial charge in [-0.05, 0) is 18.9 Å². The number of sulfonamides is 1. The molecule has 0 unspecified atom stereocenters. The van der Waals surface area contributed by atoms with E-state index >= 15 is 0 Å². The molecule has 0 radical (unpaired) electrons.